The van der Waals surface area contributed by atoms with Crippen molar-refractivity contribution >= 4 is 27.8 Å². The van der Waals surface area contributed by atoms with Crippen LogP contribution in [0, 0.1) is 6.92 Å². The second kappa shape index (κ2) is 4.44. The van der Waals surface area contributed by atoms with Gasteiger partial charge in [0.15, 0.2) is 5.01 Å². The van der Waals surface area contributed by atoms with Gasteiger partial charge in [-0.1, -0.05) is 11.3 Å². The molecular weight excluding hydrogens is 242 g/mol. The van der Waals surface area contributed by atoms with Crippen LogP contribution in [0.15, 0.2) is 0 Å². The molecule has 2 aromatic heterocycles. The first-order chi connectivity index (χ1) is 7.56. The maximum absolute atomic E-state index is 5.57. The Hall–Kier alpha value is -1.05. The molecule has 0 fully saturated rings. The first kappa shape index (κ1) is 11.4. The van der Waals surface area contributed by atoms with E-state index in [9.17, 15) is 0 Å². The topological polar surface area (TPSA) is 67.9 Å². The van der Waals surface area contributed by atoms with Crippen molar-refractivity contribution in [2.45, 2.75) is 13.5 Å². The van der Waals surface area contributed by atoms with E-state index in [-0.39, 0.29) is 0 Å². The van der Waals surface area contributed by atoms with Gasteiger partial charge in [-0.2, -0.15) is 0 Å². The summed E-state index contributed by atoms with van der Waals surface area (Å²) in [6, 6.07) is 0. The second-order valence-electron chi connectivity index (χ2n) is 3.71. The second-order valence-corrected chi connectivity index (χ2v) is 5.80. The molecule has 0 unspecified atom stereocenters. The molecule has 0 aliphatic carbocycles. The van der Waals surface area contributed by atoms with Crippen molar-refractivity contribution < 1.29 is 0 Å². The lowest BCUT2D eigenvalue weighted by Crippen LogP contribution is -2.10. The molecule has 0 aromatic carbocycles. The predicted octanol–water partition coefficient (Wildman–Crippen LogP) is 1.61. The first-order valence-corrected chi connectivity index (χ1v) is 6.40. The Morgan fingerprint density at radius 3 is 2.56 bits per heavy atom. The number of thiazole rings is 1. The van der Waals surface area contributed by atoms with Crippen LogP contribution in [-0.2, 0) is 6.54 Å². The molecule has 0 amide bonds. The third kappa shape index (κ3) is 2.37. The highest BCUT2D eigenvalue weighted by molar-refractivity contribution is 7.23. The van der Waals surface area contributed by atoms with E-state index >= 15 is 0 Å². The summed E-state index contributed by atoms with van der Waals surface area (Å²) in [5.74, 6) is 0. The molecule has 2 rings (SSSR count). The van der Waals surface area contributed by atoms with Crippen molar-refractivity contribution in [3.8, 4) is 9.88 Å². The molecule has 2 N–H and O–H groups in total. The normalized spacial score (nSPS) is 11.2. The van der Waals surface area contributed by atoms with Gasteiger partial charge in [-0.25, -0.2) is 4.98 Å². The minimum atomic E-state index is 0.497. The van der Waals surface area contributed by atoms with Crippen molar-refractivity contribution in [1.82, 2.24) is 20.1 Å². The van der Waals surface area contributed by atoms with Crippen LogP contribution in [0.3, 0.4) is 0 Å². The Kier molecular flexibility index (Phi) is 3.17. The van der Waals surface area contributed by atoms with Crippen LogP contribution in [0.4, 0.5) is 5.13 Å². The van der Waals surface area contributed by atoms with Gasteiger partial charge in [-0.15, -0.1) is 21.5 Å². The van der Waals surface area contributed by atoms with Crippen LogP contribution < -0.4 is 5.73 Å². The van der Waals surface area contributed by atoms with E-state index in [1.807, 2.05) is 21.0 Å². The highest BCUT2D eigenvalue weighted by Crippen LogP contribution is 2.32. The summed E-state index contributed by atoms with van der Waals surface area (Å²) >= 11 is 3.05. The van der Waals surface area contributed by atoms with Crippen LogP contribution in [0.1, 0.15) is 10.7 Å². The predicted molar refractivity (Wildman–Crippen MR) is 67.6 cm³/mol. The maximum atomic E-state index is 5.57. The summed E-state index contributed by atoms with van der Waals surface area (Å²) in [4.78, 5) is 7.68. The zero-order valence-corrected chi connectivity index (χ0v) is 11.0. The average Bonchev–Trinajstić information content (AvgIpc) is 2.72. The minimum absolute atomic E-state index is 0.497. The highest BCUT2D eigenvalue weighted by Gasteiger charge is 2.13. The average molecular weight is 255 g/mol. The summed E-state index contributed by atoms with van der Waals surface area (Å²) in [5.41, 5.74) is 6.57. The largest absolute Gasteiger partial charge is 0.374 e. The summed E-state index contributed by atoms with van der Waals surface area (Å²) < 4.78 is 0. The zero-order valence-electron chi connectivity index (χ0n) is 9.39. The van der Waals surface area contributed by atoms with Crippen molar-refractivity contribution in [3.05, 3.63) is 10.7 Å². The minimum Gasteiger partial charge on any atom is -0.374 e. The van der Waals surface area contributed by atoms with Crippen LogP contribution in [0.5, 0.6) is 0 Å². The molecule has 2 aromatic rings. The quantitative estimate of drug-likeness (QED) is 0.902. The molecule has 0 saturated heterocycles. The fourth-order valence-corrected chi connectivity index (χ4v) is 3.23. The summed E-state index contributed by atoms with van der Waals surface area (Å²) in [6.07, 6.45) is 0. The standard InChI is InChI=1S/C9H13N5S2/c1-5-7(8-12-13-9(10)16-8)15-6(11-5)4-14(2)3/h4H2,1-3H3,(H2,10,13). The van der Waals surface area contributed by atoms with E-state index in [4.69, 9.17) is 5.73 Å². The lowest BCUT2D eigenvalue weighted by atomic mass is 10.4. The maximum Gasteiger partial charge on any atom is 0.203 e. The fourth-order valence-electron chi connectivity index (χ4n) is 1.32. The molecule has 0 saturated carbocycles. The van der Waals surface area contributed by atoms with E-state index in [2.05, 4.69) is 20.1 Å². The first-order valence-electron chi connectivity index (χ1n) is 4.76. The van der Waals surface area contributed by atoms with Gasteiger partial charge >= 0.3 is 0 Å². The SMILES string of the molecule is Cc1nc(CN(C)C)sc1-c1nnc(N)s1. The molecule has 0 bridgehead atoms. The molecule has 16 heavy (non-hydrogen) atoms. The number of aryl methyl sites for hydroxylation is 1. The Morgan fingerprint density at radius 1 is 1.25 bits per heavy atom. The van der Waals surface area contributed by atoms with Gasteiger partial charge in [-0.05, 0) is 21.0 Å². The molecule has 5 nitrogen and oxygen atoms in total. The number of aromatic nitrogens is 3. The molecule has 0 aliphatic heterocycles. The van der Waals surface area contributed by atoms with Gasteiger partial charge in [-0.3, -0.25) is 0 Å². The fraction of sp³-hybridized carbons (Fsp3) is 0.444. The highest BCUT2D eigenvalue weighted by atomic mass is 32.1. The van der Waals surface area contributed by atoms with Gasteiger partial charge in [0.05, 0.1) is 10.6 Å². The number of nitrogens with zero attached hydrogens (tertiary/aromatic N) is 4. The third-order valence-electron chi connectivity index (χ3n) is 1.93. The lowest BCUT2D eigenvalue weighted by Gasteiger charge is -2.04. The van der Waals surface area contributed by atoms with Crippen LogP contribution in [0.25, 0.3) is 9.88 Å². The monoisotopic (exact) mass is 255 g/mol. The summed E-state index contributed by atoms with van der Waals surface area (Å²) in [6.45, 7) is 2.84. The van der Waals surface area contributed by atoms with Crippen molar-refractivity contribution in [2.24, 2.45) is 0 Å². The van der Waals surface area contributed by atoms with E-state index < -0.39 is 0 Å². The van der Waals surface area contributed by atoms with Gasteiger partial charge in [0.1, 0.15) is 5.01 Å². The smallest absolute Gasteiger partial charge is 0.203 e. The number of nitrogens with two attached hydrogens (primary N) is 1. The van der Waals surface area contributed by atoms with Crippen LogP contribution in [0.2, 0.25) is 0 Å². The van der Waals surface area contributed by atoms with E-state index in [1.165, 1.54) is 11.3 Å². The number of hydrogen-bond donors (Lipinski definition) is 1. The van der Waals surface area contributed by atoms with E-state index in [0.717, 1.165) is 27.1 Å². The number of anilines is 1. The molecule has 0 radical (unpaired) electrons. The van der Waals surface area contributed by atoms with Gasteiger partial charge < -0.3 is 10.6 Å². The van der Waals surface area contributed by atoms with Crippen LogP contribution in [-0.4, -0.2) is 34.2 Å². The van der Waals surface area contributed by atoms with Crippen molar-refractivity contribution in [1.29, 1.82) is 0 Å². The van der Waals surface area contributed by atoms with Gasteiger partial charge in [0.25, 0.3) is 0 Å². The number of nitrogen functional groups attached to an aromatic ring is 1. The molecule has 0 aliphatic rings. The zero-order chi connectivity index (χ0) is 11.7. The Balaban J connectivity index is 2.31. The van der Waals surface area contributed by atoms with Crippen molar-refractivity contribution in [2.75, 3.05) is 19.8 Å². The Labute approximate surface area is 102 Å². The van der Waals surface area contributed by atoms with Gasteiger partial charge in [0.2, 0.25) is 5.13 Å². The molecule has 7 heteroatoms. The number of rotatable bonds is 3. The Morgan fingerprint density at radius 2 is 2.00 bits per heavy atom. The summed E-state index contributed by atoms with van der Waals surface area (Å²) in [5, 5.41) is 10.3. The van der Waals surface area contributed by atoms with E-state index in [0.29, 0.717) is 5.13 Å². The molecule has 0 spiro atoms. The van der Waals surface area contributed by atoms with E-state index in [1.54, 1.807) is 11.3 Å². The molecule has 0 atom stereocenters. The van der Waals surface area contributed by atoms with Gasteiger partial charge in [0, 0.05) is 6.54 Å². The molecular formula is C9H13N5S2. The molecule has 86 valence electrons. The Bertz CT molecular complexity index is 488. The van der Waals surface area contributed by atoms with Crippen molar-refractivity contribution in [3.63, 3.8) is 0 Å². The number of hydrogen-bond acceptors (Lipinski definition) is 7. The van der Waals surface area contributed by atoms with Crippen LogP contribution >= 0.6 is 22.7 Å². The lowest BCUT2D eigenvalue weighted by molar-refractivity contribution is 0.401. The molecule has 2 heterocycles. The summed E-state index contributed by atoms with van der Waals surface area (Å²) in [7, 11) is 4.05. The third-order valence-corrected chi connectivity index (χ3v) is 3.98.